The fourth-order valence-corrected chi connectivity index (χ4v) is 1.73. The maximum Gasteiger partial charge on any atom is 0.0826 e. The molecule has 15 heavy (non-hydrogen) atoms. The Morgan fingerprint density at radius 1 is 1.60 bits per heavy atom. The standard InChI is InChI=1S/C11H24N2O2/c1-3-10(14)4-5-12-8-11-9-13(2)6-7-15-11/h10-12,14H,3-9H2,1-2H3. The van der Waals surface area contributed by atoms with Gasteiger partial charge < -0.3 is 20.1 Å². The Labute approximate surface area is 92.6 Å². The molecule has 0 aromatic rings. The van der Waals surface area contributed by atoms with E-state index in [0.717, 1.165) is 45.6 Å². The number of aliphatic hydroxyl groups is 1. The molecule has 4 heteroatoms. The van der Waals surface area contributed by atoms with Gasteiger partial charge in [0.1, 0.15) is 0 Å². The van der Waals surface area contributed by atoms with Crippen LogP contribution in [0.1, 0.15) is 19.8 Å². The SMILES string of the molecule is CCC(O)CCNCC1CN(C)CCO1. The van der Waals surface area contributed by atoms with Gasteiger partial charge >= 0.3 is 0 Å². The van der Waals surface area contributed by atoms with Crippen molar-refractivity contribution in [3.05, 3.63) is 0 Å². The van der Waals surface area contributed by atoms with E-state index in [4.69, 9.17) is 4.74 Å². The van der Waals surface area contributed by atoms with Crippen LogP contribution in [-0.4, -0.2) is 62.0 Å². The summed E-state index contributed by atoms with van der Waals surface area (Å²) < 4.78 is 5.62. The van der Waals surface area contributed by atoms with Gasteiger partial charge in [0.25, 0.3) is 0 Å². The zero-order valence-corrected chi connectivity index (χ0v) is 9.91. The molecule has 0 radical (unpaired) electrons. The number of hydrogen-bond acceptors (Lipinski definition) is 4. The Morgan fingerprint density at radius 3 is 3.07 bits per heavy atom. The van der Waals surface area contributed by atoms with Crippen LogP contribution in [0.25, 0.3) is 0 Å². The summed E-state index contributed by atoms with van der Waals surface area (Å²) in [7, 11) is 2.12. The first-order valence-electron chi connectivity index (χ1n) is 5.91. The molecule has 1 aliphatic heterocycles. The lowest BCUT2D eigenvalue weighted by Crippen LogP contribution is -2.45. The zero-order chi connectivity index (χ0) is 11.1. The maximum atomic E-state index is 9.36. The number of ether oxygens (including phenoxy) is 1. The predicted octanol–water partition coefficient (Wildman–Crippen LogP) is 0.0676. The third-order valence-corrected chi connectivity index (χ3v) is 2.84. The summed E-state index contributed by atoms with van der Waals surface area (Å²) >= 11 is 0. The fraction of sp³-hybridized carbons (Fsp3) is 1.00. The highest BCUT2D eigenvalue weighted by molar-refractivity contribution is 4.71. The molecular formula is C11H24N2O2. The van der Waals surface area contributed by atoms with Crippen molar-refractivity contribution in [1.29, 1.82) is 0 Å². The smallest absolute Gasteiger partial charge is 0.0826 e. The van der Waals surface area contributed by atoms with Crippen LogP contribution < -0.4 is 5.32 Å². The molecule has 0 saturated carbocycles. The highest BCUT2D eigenvalue weighted by Gasteiger charge is 2.16. The van der Waals surface area contributed by atoms with Gasteiger partial charge in [-0.05, 0) is 26.4 Å². The molecule has 4 nitrogen and oxygen atoms in total. The minimum Gasteiger partial charge on any atom is -0.393 e. The summed E-state index contributed by atoms with van der Waals surface area (Å²) in [6, 6.07) is 0. The molecule has 0 aliphatic carbocycles. The fourth-order valence-electron chi connectivity index (χ4n) is 1.73. The minimum atomic E-state index is -0.160. The third kappa shape index (κ3) is 5.47. The zero-order valence-electron chi connectivity index (χ0n) is 9.91. The van der Waals surface area contributed by atoms with Crippen LogP contribution in [0.5, 0.6) is 0 Å². The Hall–Kier alpha value is -0.160. The first-order chi connectivity index (χ1) is 7.22. The Morgan fingerprint density at radius 2 is 2.40 bits per heavy atom. The average molecular weight is 216 g/mol. The van der Waals surface area contributed by atoms with E-state index in [0.29, 0.717) is 6.10 Å². The van der Waals surface area contributed by atoms with E-state index in [1.807, 2.05) is 6.92 Å². The predicted molar refractivity (Wildman–Crippen MR) is 61.0 cm³/mol. The van der Waals surface area contributed by atoms with Crippen molar-refractivity contribution in [2.24, 2.45) is 0 Å². The molecule has 0 bridgehead atoms. The van der Waals surface area contributed by atoms with Crippen molar-refractivity contribution in [2.75, 3.05) is 39.8 Å². The molecule has 2 N–H and O–H groups in total. The monoisotopic (exact) mass is 216 g/mol. The molecule has 0 amide bonds. The first-order valence-corrected chi connectivity index (χ1v) is 5.91. The lowest BCUT2D eigenvalue weighted by atomic mass is 10.2. The highest BCUT2D eigenvalue weighted by atomic mass is 16.5. The first kappa shape index (κ1) is 12.9. The third-order valence-electron chi connectivity index (χ3n) is 2.84. The van der Waals surface area contributed by atoms with E-state index < -0.39 is 0 Å². The van der Waals surface area contributed by atoms with Crippen molar-refractivity contribution in [1.82, 2.24) is 10.2 Å². The molecule has 0 aromatic carbocycles. The van der Waals surface area contributed by atoms with Crippen LogP contribution >= 0.6 is 0 Å². The summed E-state index contributed by atoms with van der Waals surface area (Å²) in [6.07, 6.45) is 1.82. The molecule has 90 valence electrons. The largest absolute Gasteiger partial charge is 0.393 e. The van der Waals surface area contributed by atoms with Crippen molar-refractivity contribution in [3.63, 3.8) is 0 Å². The molecule has 1 aliphatic rings. The molecule has 1 saturated heterocycles. The van der Waals surface area contributed by atoms with E-state index in [2.05, 4.69) is 17.3 Å². The number of aliphatic hydroxyl groups excluding tert-OH is 1. The van der Waals surface area contributed by atoms with E-state index in [1.165, 1.54) is 0 Å². The van der Waals surface area contributed by atoms with Gasteiger partial charge in [-0.15, -0.1) is 0 Å². The van der Waals surface area contributed by atoms with Gasteiger partial charge in [0, 0.05) is 19.6 Å². The van der Waals surface area contributed by atoms with Crippen molar-refractivity contribution >= 4 is 0 Å². The normalized spacial score (nSPS) is 25.4. The van der Waals surface area contributed by atoms with Gasteiger partial charge in [0.05, 0.1) is 18.8 Å². The van der Waals surface area contributed by atoms with Crippen molar-refractivity contribution < 1.29 is 9.84 Å². The summed E-state index contributed by atoms with van der Waals surface area (Å²) in [4.78, 5) is 2.29. The van der Waals surface area contributed by atoms with Gasteiger partial charge in [0.2, 0.25) is 0 Å². The quantitative estimate of drug-likeness (QED) is 0.617. The topological polar surface area (TPSA) is 44.7 Å². The lowest BCUT2D eigenvalue weighted by Gasteiger charge is -2.30. The average Bonchev–Trinajstić information content (AvgIpc) is 2.24. The summed E-state index contributed by atoms with van der Waals surface area (Å²) in [5.41, 5.74) is 0. The van der Waals surface area contributed by atoms with Crippen LogP contribution in [0.3, 0.4) is 0 Å². The van der Waals surface area contributed by atoms with Gasteiger partial charge in [-0.2, -0.15) is 0 Å². The van der Waals surface area contributed by atoms with E-state index >= 15 is 0 Å². The van der Waals surface area contributed by atoms with Gasteiger partial charge in [-0.3, -0.25) is 0 Å². The number of likely N-dealkylation sites (N-methyl/N-ethyl adjacent to an activating group) is 1. The molecule has 0 spiro atoms. The number of hydrogen-bond donors (Lipinski definition) is 2. The van der Waals surface area contributed by atoms with E-state index in [1.54, 1.807) is 0 Å². The van der Waals surface area contributed by atoms with Gasteiger partial charge in [0.15, 0.2) is 0 Å². The van der Waals surface area contributed by atoms with Crippen LogP contribution in [0, 0.1) is 0 Å². The van der Waals surface area contributed by atoms with Crippen LogP contribution in [-0.2, 0) is 4.74 Å². The van der Waals surface area contributed by atoms with Crippen LogP contribution in [0.2, 0.25) is 0 Å². The molecule has 2 atom stereocenters. The second-order valence-electron chi connectivity index (χ2n) is 4.31. The second kappa shape index (κ2) is 7.17. The summed E-state index contributed by atoms with van der Waals surface area (Å²) in [6.45, 7) is 6.64. The van der Waals surface area contributed by atoms with Crippen LogP contribution in [0.15, 0.2) is 0 Å². The van der Waals surface area contributed by atoms with E-state index in [9.17, 15) is 5.11 Å². The summed E-state index contributed by atoms with van der Waals surface area (Å²) in [5, 5.41) is 12.7. The Bertz CT molecular complexity index is 167. The molecule has 1 rings (SSSR count). The molecule has 0 aromatic heterocycles. The minimum absolute atomic E-state index is 0.160. The van der Waals surface area contributed by atoms with E-state index in [-0.39, 0.29) is 6.10 Å². The van der Waals surface area contributed by atoms with Gasteiger partial charge in [-0.1, -0.05) is 6.92 Å². The number of morpholine rings is 1. The van der Waals surface area contributed by atoms with Gasteiger partial charge in [-0.25, -0.2) is 0 Å². The highest BCUT2D eigenvalue weighted by Crippen LogP contribution is 2.01. The molecule has 2 unspecified atom stereocenters. The van der Waals surface area contributed by atoms with Crippen molar-refractivity contribution in [2.45, 2.75) is 32.0 Å². The molecule has 1 fully saturated rings. The van der Waals surface area contributed by atoms with Crippen molar-refractivity contribution in [3.8, 4) is 0 Å². The maximum absolute atomic E-state index is 9.36. The lowest BCUT2D eigenvalue weighted by molar-refractivity contribution is -0.0183. The Kier molecular flexibility index (Phi) is 6.17. The number of nitrogens with one attached hydrogen (secondary N) is 1. The Balaban J connectivity index is 1.99. The second-order valence-corrected chi connectivity index (χ2v) is 4.31. The summed E-state index contributed by atoms with van der Waals surface area (Å²) in [5.74, 6) is 0. The number of rotatable bonds is 6. The van der Waals surface area contributed by atoms with Crippen LogP contribution in [0.4, 0.5) is 0 Å². The molecular weight excluding hydrogens is 192 g/mol. The molecule has 1 heterocycles. The number of nitrogens with zero attached hydrogens (tertiary/aromatic N) is 1.